The van der Waals surface area contributed by atoms with Gasteiger partial charge < -0.3 is 5.73 Å². The zero-order valence-electron chi connectivity index (χ0n) is 9.53. The van der Waals surface area contributed by atoms with Crippen LogP contribution in [0, 0.1) is 0 Å². The van der Waals surface area contributed by atoms with Crippen LogP contribution in [0.15, 0.2) is 28.7 Å². The number of amides is 1. The number of carbonyl (C=O) groups is 1. The summed E-state index contributed by atoms with van der Waals surface area (Å²) in [7, 11) is 0. The van der Waals surface area contributed by atoms with Gasteiger partial charge in [0.05, 0.1) is 6.04 Å². The van der Waals surface area contributed by atoms with E-state index in [4.69, 9.17) is 5.73 Å². The molecule has 3 nitrogen and oxygen atoms in total. The Morgan fingerprint density at radius 3 is 2.44 bits per heavy atom. The Kier molecular flexibility index (Phi) is 4.96. The first-order chi connectivity index (χ1) is 7.54. The topological polar surface area (TPSA) is 55.1 Å². The quantitative estimate of drug-likeness (QED) is 0.872. The van der Waals surface area contributed by atoms with Gasteiger partial charge in [-0.25, -0.2) is 0 Å². The molecule has 1 amide bonds. The van der Waals surface area contributed by atoms with Crippen molar-refractivity contribution < 1.29 is 4.79 Å². The van der Waals surface area contributed by atoms with Crippen LogP contribution in [0.2, 0.25) is 0 Å². The smallest absolute Gasteiger partial charge is 0.234 e. The minimum Gasteiger partial charge on any atom is -0.368 e. The summed E-state index contributed by atoms with van der Waals surface area (Å²) in [5, 5.41) is 3.21. The van der Waals surface area contributed by atoms with Gasteiger partial charge in [-0.3, -0.25) is 10.1 Å². The molecule has 3 N–H and O–H groups in total. The van der Waals surface area contributed by atoms with Gasteiger partial charge in [0, 0.05) is 10.5 Å². The zero-order chi connectivity index (χ0) is 12.1. The number of primary amides is 1. The summed E-state index contributed by atoms with van der Waals surface area (Å²) in [5.74, 6) is -0.324. The molecule has 2 atom stereocenters. The Bertz CT molecular complexity index is 351. The van der Waals surface area contributed by atoms with Crippen LogP contribution in [0.4, 0.5) is 0 Å². The van der Waals surface area contributed by atoms with E-state index < -0.39 is 0 Å². The average molecular weight is 285 g/mol. The van der Waals surface area contributed by atoms with Gasteiger partial charge in [0.1, 0.15) is 0 Å². The van der Waals surface area contributed by atoms with Crippen LogP contribution in [0.25, 0.3) is 0 Å². The predicted octanol–water partition coefficient (Wildman–Crippen LogP) is 2.36. The fourth-order valence-corrected chi connectivity index (χ4v) is 1.79. The lowest BCUT2D eigenvalue weighted by Crippen LogP contribution is -2.40. The summed E-state index contributed by atoms with van der Waals surface area (Å²) < 4.78 is 1.05. The summed E-state index contributed by atoms with van der Waals surface area (Å²) in [6.45, 7) is 3.86. The molecule has 16 heavy (non-hydrogen) atoms. The van der Waals surface area contributed by atoms with Crippen molar-refractivity contribution >= 4 is 21.8 Å². The highest BCUT2D eigenvalue weighted by Crippen LogP contribution is 2.19. The van der Waals surface area contributed by atoms with Gasteiger partial charge in [-0.2, -0.15) is 0 Å². The lowest BCUT2D eigenvalue weighted by molar-refractivity contribution is -0.119. The molecule has 0 saturated carbocycles. The van der Waals surface area contributed by atoms with E-state index in [1.165, 1.54) is 5.56 Å². The van der Waals surface area contributed by atoms with E-state index in [0.29, 0.717) is 0 Å². The molecule has 0 spiro atoms. The van der Waals surface area contributed by atoms with E-state index in [0.717, 1.165) is 10.9 Å². The van der Waals surface area contributed by atoms with Crippen molar-refractivity contribution in [2.45, 2.75) is 32.4 Å². The third-order valence-electron chi connectivity index (χ3n) is 2.56. The first-order valence-electron chi connectivity index (χ1n) is 5.35. The van der Waals surface area contributed by atoms with Crippen molar-refractivity contribution in [2.75, 3.05) is 0 Å². The van der Waals surface area contributed by atoms with E-state index in [-0.39, 0.29) is 18.0 Å². The van der Waals surface area contributed by atoms with Crippen LogP contribution >= 0.6 is 15.9 Å². The van der Waals surface area contributed by atoms with E-state index in [1.807, 2.05) is 24.3 Å². The number of rotatable bonds is 5. The molecule has 1 aromatic carbocycles. The number of hydrogen-bond acceptors (Lipinski definition) is 2. The molecule has 0 radical (unpaired) electrons. The predicted molar refractivity (Wildman–Crippen MR) is 69.0 cm³/mol. The number of benzene rings is 1. The highest BCUT2D eigenvalue weighted by atomic mass is 79.9. The minimum absolute atomic E-state index is 0.163. The maximum absolute atomic E-state index is 11.0. The van der Waals surface area contributed by atoms with Gasteiger partial charge in [-0.1, -0.05) is 35.0 Å². The molecule has 0 saturated heterocycles. The molecule has 0 aromatic heterocycles. The van der Waals surface area contributed by atoms with Crippen LogP contribution in [-0.2, 0) is 4.79 Å². The molecule has 0 aliphatic rings. The molecule has 2 unspecified atom stereocenters. The molecule has 0 aliphatic heterocycles. The molecule has 0 fully saturated rings. The maximum Gasteiger partial charge on any atom is 0.234 e. The van der Waals surface area contributed by atoms with Gasteiger partial charge >= 0.3 is 0 Å². The molecule has 1 rings (SSSR count). The molecule has 88 valence electrons. The molecule has 0 heterocycles. The largest absolute Gasteiger partial charge is 0.368 e. The SMILES string of the molecule is CCC(NC(C)C(N)=O)c1ccc(Br)cc1. The number of halogens is 1. The monoisotopic (exact) mass is 284 g/mol. The normalized spacial score (nSPS) is 14.4. The molecule has 1 aromatic rings. The Morgan fingerprint density at radius 2 is 2.00 bits per heavy atom. The van der Waals surface area contributed by atoms with Crippen LogP contribution in [0.3, 0.4) is 0 Å². The number of hydrogen-bond donors (Lipinski definition) is 2. The summed E-state index contributed by atoms with van der Waals surface area (Å²) >= 11 is 3.40. The third kappa shape index (κ3) is 3.61. The Balaban J connectivity index is 2.74. The second kappa shape index (κ2) is 6.01. The summed E-state index contributed by atoms with van der Waals surface area (Å²) in [6.07, 6.45) is 0.916. The van der Waals surface area contributed by atoms with Crippen molar-refractivity contribution in [3.8, 4) is 0 Å². The van der Waals surface area contributed by atoms with Crippen LogP contribution in [0.5, 0.6) is 0 Å². The van der Waals surface area contributed by atoms with E-state index >= 15 is 0 Å². The Labute approximate surface area is 105 Å². The van der Waals surface area contributed by atoms with Crippen LogP contribution in [-0.4, -0.2) is 11.9 Å². The van der Waals surface area contributed by atoms with E-state index in [2.05, 4.69) is 28.2 Å². The maximum atomic E-state index is 11.0. The van der Waals surface area contributed by atoms with Gasteiger partial charge in [0.2, 0.25) is 5.91 Å². The summed E-state index contributed by atoms with van der Waals surface area (Å²) in [5.41, 5.74) is 6.40. The highest BCUT2D eigenvalue weighted by molar-refractivity contribution is 9.10. The first-order valence-corrected chi connectivity index (χ1v) is 6.14. The molecular formula is C12H17BrN2O. The number of nitrogens with two attached hydrogens (primary N) is 1. The third-order valence-corrected chi connectivity index (χ3v) is 3.09. The van der Waals surface area contributed by atoms with Crippen molar-refractivity contribution in [1.29, 1.82) is 0 Å². The second-order valence-corrected chi connectivity index (χ2v) is 4.72. The zero-order valence-corrected chi connectivity index (χ0v) is 11.1. The van der Waals surface area contributed by atoms with Crippen molar-refractivity contribution in [3.05, 3.63) is 34.3 Å². The minimum atomic E-state index is -0.324. The summed E-state index contributed by atoms with van der Waals surface area (Å²) in [6, 6.07) is 7.92. The van der Waals surface area contributed by atoms with Crippen molar-refractivity contribution in [2.24, 2.45) is 5.73 Å². The lowest BCUT2D eigenvalue weighted by atomic mass is 10.0. The van der Waals surface area contributed by atoms with Crippen molar-refractivity contribution in [1.82, 2.24) is 5.32 Å². The molecular weight excluding hydrogens is 268 g/mol. The van der Waals surface area contributed by atoms with Gasteiger partial charge in [-0.15, -0.1) is 0 Å². The van der Waals surface area contributed by atoms with E-state index in [1.54, 1.807) is 6.92 Å². The van der Waals surface area contributed by atoms with Crippen LogP contribution < -0.4 is 11.1 Å². The average Bonchev–Trinajstić information content (AvgIpc) is 2.26. The highest BCUT2D eigenvalue weighted by Gasteiger charge is 2.15. The van der Waals surface area contributed by atoms with Gasteiger partial charge in [0.15, 0.2) is 0 Å². The fourth-order valence-electron chi connectivity index (χ4n) is 1.53. The molecule has 4 heteroatoms. The first kappa shape index (κ1) is 13.2. The fraction of sp³-hybridized carbons (Fsp3) is 0.417. The standard InChI is InChI=1S/C12H17BrN2O/c1-3-11(15-8(2)12(14)16)9-4-6-10(13)7-5-9/h4-8,11,15H,3H2,1-2H3,(H2,14,16). The number of carbonyl (C=O) groups excluding carboxylic acids is 1. The Morgan fingerprint density at radius 1 is 1.44 bits per heavy atom. The number of nitrogens with one attached hydrogen (secondary N) is 1. The Hall–Kier alpha value is -0.870. The van der Waals surface area contributed by atoms with Gasteiger partial charge in [0.25, 0.3) is 0 Å². The summed E-state index contributed by atoms with van der Waals surface area (Å²) in [4.78, 5) is 11.0. The lowest BCUT2D eigenvalue weighted by Gasteiger charge is -2.20. The molecule has 0 aliphatic carbocycles. The second-order valence-electron chi connectivity index (χ2n) is 3.80. The van der Waals surface area contributed by atoms with Crippen LogP contribution in [0.1, 0.15) is 31.9 Å². The molecule has 0 bridgehead atoms. The van der Waals surface area contributed by atoms with Crippen molar-refractivity contribution in [3.63, 3.8) is 0 Å². The van der Waals surface area contributed by atoms with E-state index in [9.17, 15) is 4.79 Å². The van der Waals surface area contributed by atoms with Gasteiger partial charge in [-0.05, 0) is 31.0 Å².